The zero-order valence-corrected chi connectivity index (χ0v) is 6.43. The standard InChI is InChI=1S/C7H15N3/c1-3-8-7-6-10(2)5-4-9-7/h3,7-9H,1,4-6H2,2H3. The van der Waals surface area contributed by atoms with Crippen LogP contribution in [-0.2, 0) is 0 Å². The summed E-state index contributed by atoms with van der Waals surface area (Å²) in [5.41, 5.74) is 0. The van der Waals surface area contributed by atoms with E-state index >= 15 is 0 Å². The molecule has 0 saturated carbocycles. The molecule has 1 aliphatic heterocycles. The summed E-state index contributed by atoms with van der Waals surface area (Å²) >= 11 is 0. The minimum absolute atomic E-state index is 0.385. The molecule has 10 heavy (non-hydrogen) atoms. The van der Waals surface area contributed by atoms with Crippen LogP contribution in [0.2, 0.25) is 0 Å². The summed E-state index contributed by atoms with van der Waals surface area (Å²) in [5, 5.41) is 6.45. The summed E-state index contributed by atoms with van der Waals surface area (Å²) in [6.45, 7) is 6.85. The highest BCUT2D eigenvalue weighted by Crippen LogP contribution is 1.91. The summed E-state index contributed by atoms with van der Waals surface area (Å²) in [5.74, 6) is 0. The van der Waals surface area contributed by atoms with Crippen molar-refractivity contribution in [3.05, 3.63) is 12.8 Å². The third-order valence-electron chi connectivity index (χ3n) is 1.70. The van der Waals surface area contributed by atoms with Crippen molar-refractivity contribution in [1.82, 2.24) is 15.5 Å². The van der Waals surface area contributed by atoms with Crippen LogP contribution in [0, 0.1) is 0 Å². The lowest BCUT2D eigenvalue weighted by Crippen LogP contribution is -2.54. The van der Waals surface area contributed by atoms with Gasteiger partial charge in [-0.15, -0.1) is 0 Å². The summed E-state index contributed by atoms with van der Waals surface area (Å²) in [4.78, 5) is 2.29. The van der Waals surface area contributed by atoms with Gasteiger partial charge in [0.05, 0.1) is 6.17 Å². The Morgan fingerprint density at radius 1 is 1.80 bits per heavy atom. The molecule has 0 aromatic carbocycles. The second kappa shape index (κ2) is 3.58. The van der Waals surface area contributed by atoms with Crippen LogP contribution in [0.15, 0.2) is 12.8 Å². The Morgan fingerprint density at radius 3 is 3.20 bits per heavy atom. The Morgan fingerprint density at radius 2 is 2.60 bits per heavy atom. The summed E-state index contributed by atoms with van der Waals surface area (Å²) in [6, 6.07) is 0. The lowest BCUT2D eigenvalue weighted by Gasteiger charge is -2.30. The van der Waals surface area contributed by atoms with E-state index in [4.69, 9.17) is 0 Å². The van der Waals surface area contributed by atoms with Gasteiger partial charge in [0.25, 0.3) is 0 Å². The van der Waals surface area contributed by atoms with E-state index in [-0.39, 0.29) is 0 Å². The molecule has 1 aliphatic rings. The quantitative estimate of drug-likeness (QED) is 0.547. The molecule has 0 radical (unpaired) electrons. The third kappa shape index (κ3) is 2.01. The van der Waals surface area contributed by atoms with Crippen molar-refractivity contribution in [1.29, 1.82) is 0 Å². The summed E-state index contributed by atoms with van der Waals surface area (Å²) in [7, 11) is 2.12. The topological polar surface area (TPSA) is 27.3 Å². The van der Waals surface area contributed by atoms with Crippen LogP contribution in [0.3, 0.4) is 0 Å². The number of nitrogens with zero attached hydrogens (tertiary/aromatic N) is 1. The Hall–Kier alpha value is -0.540. The SMILES string of the molecule is C=CNC1CN(C)CCN1. The van der Waals surface area contributed by atoms with Gasteiger partial charge in [-0.05, 0) is 13.2 Å². The van der Waals surface area contributed by atoms with Crippen molar-refractivity contribution < 1.29 is 0 Å². The van der Waals surface area contributed by atoms with E-state index in [1.807, 2.05) is 0 Å². The molecule has 0 amide bonds. The molecule has 58 valence electrons. The largest absolute Gasteiger partial charge is 0.375 e. The number of hydrogen-bond acceptors (Lipinski definition) is 3. The Labute approximate surface area is 62.1 Å². The highest BCUT2D eigenvalue weighted by Gasteiger charge is 2.13. The van der Waals surface area contributed by atoms with E-state index in [1.54, 1.807) is 6.20 Å². The molecule has 0 aromatic rings. The van der Waals surface area contributed by atoms with E-state index in [2.05, 4.69) is 29.2 Å². The first-order valence-corrected chi connectivity index (χ1v) is 3.62. The van der Waals surface area contributed by atoms with Gasteiger partial charge in [-0.25, -0.2) is 0 Å². The number of hydrogen-bond donors (Lipinski definition) is 2. The maximum Gasteiger partial charge on any atom is 0.0894 e. The summed E-state index contributed by atoms with van der Waals surface area (Å²) < 4.78 is 0. The minimum Gasteiger partial charge on any atom is -0.375 e. The van der Waals surface area contributed by atoms with Gasteiger partial charge in [0.1, 0.15) is 0 Å². The van der Waals surface area contributed by atoms with E-state index in [1.165, 1.54) is 0 Å². The van der Waals surface area contributed by atoms with Crippen LogP contribution in [0.25, 0.3) is 0 Å². The van der Waals surface area contributed by atoms with Crippen molar-refractivity contribution in [2.75, 3.05) is 26.7 Å². The second-order valence-corrected chi connectivity index (χ2v) is 2.64. The Balaban J connectivity index is 2.24. The van der Waals surface area contributed by atoms with E-state index in [9.17, 15) is 0 Å². The maximum atomic E-state index is 3.61. The zero-order valence-electron chi connectivity index (χ0n) is 6.43. The highest BCUT2D eigenvalue weighted by molar-refractivity contribution is 4.78. The molecule has 0 aliphatic carbocycles. The molecule has 3 heteroatoms. The molecule has 1 fully saturated rings. The molecule has 0 bridgehead atoms. The van der Waals surface area contributed by atoms with Crippen LogP contribution < -0.4 is 10.6 Å². The first-order valence-electron chi connectivity index (χ1n) is 3.62. The molecule has 1 saturated heterocycles. The lowest BCUT2D eigenvalue weighted by molar-refractivity contribution is 0.226. The van der Waals surface area contributed by atoms with Gasteiger partial charge in [0.15, 0.2) is 0 Å². The predicted octanol–water partition coefficient (Wildman–Crippen LogP) is -0.419. The van der Waals surface area contributed by atoms with Gasteiger partial charge in [-0.3, -0.25) is 5.32 Å². The van der Waals surface area contributed by atoms with Gasteiger partial charge >= 0.3 is 0 Å². The smallest absolute Gasteiger partial charge is 0.0894 e. The summed E-state index contributed by atoms with van der Waals surface area (Å²) in [6.07, 6.45) is 2.12. The molecule has 1 atom stereocenters. The van der Waals surface area contributed by atoms with Gasteiger partial charge in [-0.1, -0.05) is 6.58 Å². The first-order chi connectivity index (χ1) is 4.83. The molecular formula is C7H15N3. The molecule has 1 rings (SSSR count). The fraction of sp³-hybridized carbons (Fsp3) is 0.714. The van der Waals surface area contributed by atoms with Crippen molar-refractivity contribution in [3.8, 4) is 0 Å². The predicted molar refractivity (Wildman–Crippen MR) is 42.6 cm³/mol. The fourth-order valence-electron chi connectivity index (χ4n) is 1.15. The Kier molecular flexibility index (Phi) is 2.71. The Bertz CT molecular complexity index is 113. The van der Waals surface area contributed by atoms with Crippen LogP contribution in [0.5, 0.6) is 0 Å². The van der Waals surface area contributed by atoms with Crippen LogP contribution in [-0.4, -0.2) is 37.7 Å². The molecular weight excluding hydrogens is 126 g/mol. The zero-order chi connectivity index (χ0) is 7.40. The van der Waals surface area contributed by atoms with Crippen LogP contribution in [0.1, 0.15) is 0 Å². The maximum absolute atomic E-state index is 3.61. The van der Waals surface area contributed by atoms with Gasteiger partial charge < -0.3 is 10.2 Å². The van der Waals surface area contributed by atoms with Gasteiger partial charge in [0, 0.05) is 19.6 Å². The van der Waals surface area contributed by atoms with Crippen LogP contribution >= 0.6 is 0 Å². The van der Waals surface area contributed by atoms with E-state index in [0.717, 1.165) is 19.6 Å². The number of rotatable bonds is 2. The van der Waals surface area contributed by atoms with Crippen LogP contribution in [0.4, 0.5) is 0 Å². The van der Waals surface area contributed by atoms with Crippen molar-refractivity contribution in [2.45, 2.75) is 6.17 Å². The number of nitrogens with one attached hydrogen (secondary N) is 2. The molecule has 0 spiro atoms. The molecule has 0 aromatic heterocycles. The highest BCUT2D eigenvalue weighted by atomic mass is 15.2. The fourth-order valence-corrected chi connectivity index (χ4v) is 1.15. The van der Waals surface area contributed by atoms with Crippen molar-refractivity contribution >= 4 is 0 Å². The lowest BCUT2D eigenvalue weighted by atomic mass is 10.3. The van der Waals surface area contributed by atoms with Crippen molar-refractivity contribution in [2.24, 2.45) is 0 Å². The van der Waals surface area contributed by atoms with E-state index < -0.39 is 0 Å². The number of likely N-dealkylation sites (N-methyl/N-ethyl adjacent to an activating group) is 1. The minimum atomic E-state index is 0.385. The normalized spacial score (nSPS) is 27.9. The second-order valence-electron chi connectivity index (χ2n) is 2.64. The van der Waals surface area contributed by atoms with Gasteiger partial charge in [-0.2, -0.15) is 0 Å². The number of piperazine rings is 1. The molecule has 1 heterocycles. The van der Waals surface area contributed by atoms with Crippen molar-refractivity contribution in [3.63, 3.8) is 0 Å². The molecule has 3 nitrogen and oxygen atoms in total. The van der Waals surface area contributed by atoms with Gasteiger partial charge in [0.2, 0.25) is 0 Å². The average molecular weight is 141 g/mol. The molecule has 2 N–H and O–H groups in total. The monoisotopic (exact) mass is 141 g/mol. The first kappa shape index (κ1) is 7.57. The van der Waals surface area contributed by atoms with E-state index in [0.29, 0.717) is 6.17 Å². The third-order valence-corrected chi connectivity index (χ3v) is 1.70. The average Bonchev–Trinajstić information content (AvgIpc) is 1.88. The molecule has 1 unspecified atom stereocenters.